The zero-order valence-electron chi connectivity index (χ0n) is 12.7. The second kappa shape index (κ2) is 5.95. The molecule has 0 aliphatic heterocycles. The summed E-state index contributed by atoms with van der Waals surface area (Å²) in [6, 6.07) is 5.96. The number of rotatable bonds is 4. The van der Waals surface area contributed by atoms with Gasteiger partial charge in [-0.15, -0.1) is 5.10 Å². The maximum atomic E-state index is 11.8. The van der Waals surface area contributed by atoms with Crippen molar-refractivity contribution in [2.75, 3.05) is 11.9 Å². The number of carbonyl (C=O) groups excluding carboxylic acids is 1. The molecule has 112 valence electrons. The van der Waals surface area contributed by atoms with Crippen molar-refractivity contribution in [2.45, 2.75) is 33.1 Å². The van der Waals surface area contributed by atoms with E-state index in [9.17, 15) is 4.79 Å². The summed E-state index contributed by atoms with van der Waals surface area (Å²) in [6.45, 7) is 8.31. The Morgan fingerprint density at radius 1 is 1.38 bits per heavy atom. The van der Waals surface area contributed by atoms with Gasteiger partial charge in [0, 0.05) is 0 Å². The fraction of sp³-hybridized carbons (Fsp3) is 0.400. The lowest BCUT2D eigenvalue weighted by Crippen LogP contribution is -2.22. The predicted molar refractivity (Wildman–Crippen MR) is 80.4 cm³/mol. The number of hydrogen-bond acceptors (Lipinski definition) is 4. The number of hydrogen-bond donors (Lipinski definition) is 2. The van der Waals surface area contributed by atoms with Crippen molar-refractivity contribution in [2.24, 2.45) is 0 Å². The predicted octanol–water partition coefficient (Wildman–Crippen LogP) is 2.43. The zero-order valence-corrected chi connectivity index (χ0v) is 12.7. The molecule has 0 atom stereocenters. The number of carbonyl (C=O) groups is 1. The van der Waals surface area contributed by atoms with E-state index in [0.717, 1.165) is 11.3 Å². The van der Waals surface area contributed by atoms with Crippen LogP contribution in [-0.2, 0) is 10.2 Å². The van der Waals surface area contributed by atoms with Gasteiger partial charge >= 0.3 is 0 Å². The largest absolute Gasteiger partial charge is 0.483 e. The third kappa shape index (κ3) is 4.05. The van der Waals surface area contributed by atoms with Gasteiger partial charge in [0.2, 0.25) is 0 Å². The summed E-state index contributed by atoms with van der Waals surface area (Å²) in [5, 5.41) is 12.4. The van der Waals surface area contributed by atoms with E-state index in [-0.39, 0.29) is 17.9 Å². The van der Waals surface area contributed by atoms with Crippen LogP contribution >= 0.6 is 0 Å². The molecule has 6 nitrogen and oxygen atoms in total. The Bertz CT molecular complexity index is 615. The van der Waals surface area contributed by atoms with Gasteiger partial charge in [0.15, 0.2) is 12.4 Å². The van der Waals surface area contributed by atoms with Crippen molar-refractivity contribution in [3.63, 3.8) is 0 Å². The first-order chi connectivity index (χ1) is 9.86. The molecular weight excluding hydrogens is 268 g/mol. The van der Waals surface area contributed by atoms with E-state index in [0.29, 0.717) is 5.82 Å². The Morgan fingerprint density at radius 2 is 2.14 bits per heavy atom. The molecule has 2 N–H and O–H groups in total. The molecule has 1 aromatic heterocycles. The summed E-state index contributed by atoms with van der Waals surface area (Å²) in [6.07, 6.45) is 1.43. The minimum atomic E-state index is -0.274. The number of aryl methyl sites for hydroxylation is 1. The fourth-order valence-corrected chi connectivity index (χ4v) is 1.94. The van der Waals surface area contributed by atoms with E-state index in [2.05, 4.69) is 47.6 Å². The molecule has 1 heterocycles. The summed E-state index contributed by atoms with van der Waals surface area (Å²) < 4.78 is 5.66. The molecule has 0 spiro atoms. The van der Waals surface area contributed by atoms with Crippen LogP contribution in [0.15, 0.2) is 24.4 Å². The number of nitrogens with one attached hydrogen (secondary N) is 2. The van der Waals surface area contributed by atoms with Crippen LogP contribution < -0.4 is 10.1 Å². The smallest absolute Gasteiger partial charge is 0.263 e. The van der Waals surface area contributed by atoms with Crippen LogP contribution in [0.3, 0.4) is 0 Å². The van der Waals surface area contributed by atoms with Gasteiger partial charge < -0.3 is 10.1 Å². The van der Waals surface area contributed by atoms with E-state index in [1.54, 1.807) is 0 Å². The number of amides is 1. The van der Waals surface area contributed by atoms with Crippen LogP contribution in [0.25, 0.3) is 0 Å². The average molecular weight is 288 g/mol. The third-order valence-electron chi connectivity index (χ3n) is 2.98. The molecule has 0 radical (unpaired) electrons. The quantitative estimate of drug-likeness (QED) is 0.905. The van der Waals surface area contributed by atoms with Crippen LogP contribution in [0.1, 0.15) is 31.9 Å². The highest BCUT2D eigenvalue weighted by molar-refractivity contribution is 5.90. The van der Waals surface area contributed by atoms with Crippen molar-refractivity contribution in [1.82, 2.24) is 15.4 Å². The standard InChI is InChI=1S/C15H20N4O2/c1-10-5-6-12(11(7-10)15(2,3)4)21-9-14(20)17-13-8-16-19-18-13/h5-8H,9H2,1-4H3,(H2,16,17,18,19,20). The highest BCUT2D eigenvalue weighted by Crippen LogP contribution is 2.32. The summed E-state index contributed by atoms with van der Waals surface area (Å²) in [4.78, 5) is 11.8. The lowest BCUT2D eigenvalue weighted by Gasteiger charge is -2.23. The number of aromatic amines is 1. The topological polar surface area (TPSA) is 79.9 Å². The second-order valence-electron chi connectivity index (χ2n) is 5.94. The lowest BCUT2D eigenvalue weighted by molar-refractivity contribution is -0.118. The molecule has 0 unspecified atom stereocenters. The first kappa shape index (κ1) is 15.0. The fourth-order valence-electron chi connectivity index (χ4n) is 1.94. The minimum absolute atomic E-state index is 0.0516. The van der Waals surface area contributed by atoms with Gasteiger partial charge in [0.05, 0.1) is 6.20 Å². The number of anilines is 1. The first-order valence-electron chi connectivity index (χ1n) is 6.76. The highest BCUT2D eigenvalue weighted by atomic mass is 16.5. The van der Waals surface area contributed by atoms with Gasteiger partial charge in [-0.1, -0.05) is 38.5 Å². The average Bonchev–Trinajstić information content (AvgIpc) is 2.89. The van der Waals surface area contributed by atoms with E-state index in [4.69, 9.17) is 4.74 Å². The molecule has 0 fully saturated rings. The van der Waals surface area contributed by atoms with E-state index < -0.39 is 0 Å². The molecule has 1 amide bonds. The third-order valence-corrected chi connectivity index (χ3v) is 2.98. The van der Waals surface area contributed by atoms with Crippen molar-refractivity contribution < 1.29 is 9.53 Å². The van der Waals surface area contributed by atoms with Gasteiger partial charge in [-0.2, -0.15) is 10.3 Å². The Morgan fingerprint density at radius 3 is 2.76 bits per heavy atom. The Kier molecular flexibility index (Phi) is 4.26. The summed E-state index contributed by atoms with van der Waals surface area (Å²) in [5.41, 5.74) is 2.19. The minimum Gasteiger partial charge on any atom is -0.483 e. The van der Waals surface area contributed by atoms with Crippen molar-refractivity contribution in [3.05, 3.63) is 35.5 Å². The second-order valence-corrected chi connectivity index (χ2v) is 5.94. The van der Waals surface area contributed by atoms with Gasteiger partial charge in [-0.25, -0.2) is 0 Å². The molecule has 2 aromatic rings. The maximum Gasteiger partial charge on any atom is 0.263 e. The Hall–Kier alpha value is -2.37. The lowest BCUT2D eigenvalue weighted by atomic mass is 9.85. The Balaban J connectivity index is 2.04. The molecule has 1 aromatic carbocycles. The molecule has 0 bridgehead atoms. The SMILES string of the molecule is Cc1ccc(OCC(=O)Nc2cn[nH]n2)c(C(C)(C)C)c1. The van der Waals surface area contributed by atoms with E-state index in [1.807, 2.05) is 19.1 Å². The number of nitrogens with zero attached hydrogens (tertiary/aromatic N) is 2. The summed E-state index contributed by atoms with van der Waals surface area (Å²) in [5.74, 6) is 0.830. The van der Waals surface area contributed by atoms with Crippen molar-refractivity contribution in [3.8, 4) is 5.75 Å². The monoisotopic (exact) mass is 288 g/mol. The maximum absolute atomic E-state index is 11.8. The number of benzene rings is 1. The van der Waals surface area contributed by atoms with E-state index >= 15 is 0 Å². The molecular formula is C15H20N4O2. The first-order valence-corrected chi connectivity index (χ1v) is 6.76. The van der Waals surface area contributed by atoms with Gasteiger partial charge in [0.25, 0.3) is 5.91 Å². The van der Waals surface area contributed by atoms with Crippen LogP contribution in [-0.4, -0.2) is 27.9 Å². The molecule has 2 rings (SSSR count). The van der Waals surface area contributed by atoms with Crippen molar-refractivity contribution >= 4 is 11.7 Å². The highest BCUT2D eigenvalue weighted by Gasteiger charge is 2.19. The summed E-state index contributed by atoms with van der Waals surface area (Å²) in [7, 11) is 0. The number of aromatic nitrogens is 3. The molecule has 0 aliphatic carbocycles. The normalized spacial score (nSPS) is 11.2. The Labute approximate surface area is 123 Å². The molecule has 21 heavy (non-hydrogen) atoms. The van der Waals surface area contributed by atoms with Crippen LogP contribution in [0.5, 0.6) is 5.75 Å². The molecule has 0 saturated heterocycles. The van der Waals surface area contributed by atoms with Gasteiger partial charge in [0.1, 0.15) is 5.75 Å². The number of H-pyrrole nitrogens is 1. The molecule has 0 saturated carbocycles. The summed E-state index contributed by atoms with van der Waals surface area (Å²) >= 11 is 0. The molecule has 0 aliphatic rings. The number of ether oxygens (including phenoxy) is 1. The molecule has 6 heteroatoms. The zero-order chi connectivity index (χ0) is 15.5. The van der Waals surface area contributed by atoms with Gasteiger partial charge in [-0.3, -0.25) is 4.79 Å². The van der Waals surface area contributed by atoms with Crippen molar-refractivity contribution in [1.29, 1.82) is 0 Å². The van der Waals surface area contributed by atoms with Crippen LogP contribution in [0, 0.1) is 6.92 Å². The van der Waals surface area contributed by atoms with Crippen LogP contribution in [0.2, 0.25) is 0 Å². The van der Waals surface area contributed by atoms with Gasteiger partial charge in [-0.05, 0) is 24.0 Å². The van der Waals surface area contributed by atoms with E-state index in [1.165, 1.54) is 11.8 Å². The van der Waals surface area contributed by atoms with Crippen LogP contribution in [0.4, 0.5) is 5.82 Å².